The normalized spacial score (nSPS) is 17.8. The topological polar surface area (TPSA) is 102 Å². The second-order valence-corrected chi connectivity index (χ2v) is 11.9. The number of hydrogen-bond donors (Lipinski definition) is 3. The Morgan fingerprint density at radius 2 is 1.47 bits per heavy atom. The molecule has 0 aromatic heterocycles. The molecule has 0 aliphatic heterocycles. The maximum Gasteiger partial charge on any atom is 0.371 e. The van der Waals surface area contributed by atoms with Crippen molar-refractivity contribution in [3.8, 4) is 11.5 Å². The van der Waals surface area contributed by atoms with Crippen LogP contribution in [-0.2, 0) is 4.79 Å². The van der Waals surface area contributed by atoms with E-state index in [9.17, 15) is 9.59 Å². The molecule has 2 saturated carbocycles. The van der Waals surface area contributed by atoms with Gasteiger partial charge in [0.2, 0.25) is 5.54 Å². The number of ether oxygens (including phenoxy) is 2. The number of carbonyl (C=O) groups excluding carboxylic acids is 2. The minimum Gasteiger partial charge on any atom is -0.490 e. The molecule has 206 valence electrons. The Morgan fingerprint density at radius 3 is 2.11 bits per heavy atom. The molecule has 38 heavy (non-hydrogen) atoms. The molecule has 0 atom stereocenters. The highest BCUT2D eigenvalue weighted by Gasteiger charge is 2.48. The van der Waals surface area contributed by atoms with Crippen LogP contribution in [0.25, 0.3) is 0 Å². The maximum atomic E-state index is 13.4. The smallest absolute Gasteiger partial charge is 0.371 e. The van der Waals surface area contributed by atoms with Gasteiger partial charge in [-0.05, 0) is 95.7 Å². The summed E-state index contributed by atoms with van der Waals surface area (Å²) in [6.45, 7) is 7.44. The van der Waals surface area contributed by atoms with Crippen LogP contribution in [-0.4, -0.2) is 42.1 Å². The van der Waals surface area contributed by atoms with Gasteiger partial charge in [-0.3, -0.25) is 10.6 Å². The van der Waals surface area contributed by atoms with Crippen molar-refractivity contribution in [3.05, 3.63) is 54.1 Å². The van der Waals surface area contributed by atoms with Crippen LogP contribution in [0.3, 0.4) is 0 Å². The van der Waals surface area contributed by atoms with Gasteiger partial charge in [-0.15, -0.1) is 0 Å². The zero-order valence-corrected chi connectivity index (χ0v) is 23.3. The van der Waals surface area contributed by atoms with E-state index in [0.717, 1.165) is 68.7 Å². The zero-order chi connectivity index (χ0) is 27.0. The van der Waals surface area contributed by atoms with E-state index in [1.54, 1.807) is 17.4 Å². The summed E-state index contributed by atoms with van der Waals surface area (Å²) in [4.78, 5) is 26.6. The van der Waals surface area contributed by atoms with Gasteiger partial charge in [0, 0.05) is 25.0 Å². The van der Waals surface area contributed by atoms with Crippen molar-refractivity contribution in [1.82, 2.24) is 0 Å². The number of nitrogens with two attached hydrogens (primary N) is 3. The van der Waals surface area contributed by atoms with Crippen LogP contribution in [0.4, 0.5) is 5.69 Å². The predicted octanol–water partition coefficient (Wildman–Crippen LogP) is 2.58. The van der Waals surface area contributed by atoms with Crippen molar-refractivity contribution in [2.45, 2.75) is 95.8 Å². The molecule has 2 aliphatic carbocycles. The van der Waals surface area contributed by atoms with E-state index in [1.165, 1.54) is 12.8 Å². The first-order valence-electron chi connectivity index (χ1n) is 14.4. The minimum atomic E-state index is -0.685. The lowest BCUT2D eigenvalue weighted by Crippen LogP contribution is -3.10. The number of carbonyl (C=O) groups is 2. The van der Waals surface area contributed by atoms with E-state index in [-0.39, 0.29) is 17.4 Å². The Hall–Kier alpha value is -2.74. The van der Waals surface area contributed by atoms with E-state index < -0.39 is 5.54 Å². The Bertz CT molecular complexity index is 1050. The lowest BCUT2D eigenvalue weighted by molar-refractivity contribution is -0.682. The van der Waals surface area contributed by atoms with Crippen LogP contribution in [0.2, 0.25) is 0 Å². The standard InChI is InChI=1S/C31H43N3O4/c1-30(2,3)38-27-15-11-23(12-16-27)28(35)34-31(19-7-4-8-20-31)29(36)33-22-21-32-24-13-17-26(18-14-24)37-25-9-5-6-10-25/h11-18,25,32H,4-10,19-22H2,1-3H3,(H,33,36)(H,34,35)/p+3. The van der Waals surface area contributed by atoms with Crippen LogP contribution in [0.15, 0.2) is 48.5 Å². The third kappa shape index (κ3) is 8.13. The van der Waals surface area contributed by atoms with Crippen LogP contribution >= 0.6 is 0 Å². The lowest BCUT2D eigenvalue weighted by Gasteiger charge is -2.30. The van der Waals surface area contributed by atoms with Crippen LogP contribution in [0.1, 0.15) is 88.9 Å². The summed E-state index contributed by atoms with van der Waals surface area (Å²) in [6, 6.07) is 15.5. The van der Waals surface area contributed by atoms with Crippen LogP contribution in [0.5, 0.6) is 11.5 Å². The molecule has 0 heterocycles. The van der Waals surface area contributed by atoms with Gasteiger partial charge in [-0.1, -0.05) is 6.42 Å². The fourth-order valence-electron chi connectivity index (χ4n) is 5.57. The molecule has 0 bridgehead atoms. The van der Waals surface area contributed by atoms with Gasteiger partial charge in [0.1, 0.15) is 35.9 Å². The van der Waals surface area contributed by atoms with Crippen LogP contribution < -0.4 is 25.4 Å². The molecular formula is C31H46N3O4+3. The highest BCUT2D eigenvalue weighted by Crippen LogP contribution is 2.26. The number of hydrogen-bond acceptors (Lipinski definition) is 4. The van der Waals surface area contributed by atoms with Crippen molar-refractivity contribution in [3.63, 3.8) is 0 Å². The molecule has 2 aromatic rings. The Balaban J connectivity index is 1.27. The molecular weight excluding hydrogens is 478 g/mol. The molecule has 2 fully saturated rings. The van der Waals surface area contributed by atoms with Crippen molar-refractivity contribution >= 4 is 17.5 Å². The average Bonchev–Trinajstić information content (AvgIpc) is 3.40. The molecule has 2 aliphatic rings. The first-order valence-corrected chi connectivity index (χ1v) is 14.4. The highest BCUT2D eigenvalue weighted by atomic mass is 16.5. The summed E-state index contributed by atoms with van der Waals surface area (Å²) in [5.74, 6) is 1.68. The highest BCUT2D eigenvalue weighted by molar-refractivity contribution is 5.89. The number of benzene rings is 2. The summed E-state index contributed by atoms with van der Waals surface area (Å²) < 4.78 is 11.9. The second kappa shape index (κ2) is 12.9. The number of quaternary nitrogens is 3. The Labute approximate surface area is 227 Å². The van der Waals surface area contributed by atoms with Gasteiger partial charge < -0.3 is 14.8 Å². The quantitative estimate of drug-likeness (QED) is 0.328. The van der Waals surface area contributed by atoms with Gasteiger partial charge in [0.25, 0.3) is 0 Å². The number of primary amides is 2. The first kappa shape index (κ1) is 28.3. The van der Waals surface area contributed by atoms with Crippen molar-refractivity contribution < 1.29 is 35.0 Å². The van der Waals surface area contributed by atoms with Crippen molar-refractivity contribution in [1.29, 1.82) is 0 Å². The molecule has 4 rings (SSSR count). The molecule has 2 aromatic carbocycles. The van der Waals surface area contributed by atoms with E-state index in [1.807, 2.05) is 50.4 Å². The van der Waals surface area contributed by atoms with E-state index in [2.05, 4.69) is 17.4 Å². The van der Waals surface area contributed by atoms with E-state index in [4.69, 9.17) is 9.47 Å². The minimum absolute atomic E-state index is 0.0811. The lowest BCUT2D eigenvalue weighted by atomic mass is 9.80. The van der Waals surface area contributed by atoms with Crippen LogP contribution in [0, 0.1) is 0 Å². The average molecular weight is 525 g/mol. The molecule has 7 heteroatoms. The van der Waals surface area contributed by atoms with Gasteiger partial charge in [-0.2, -0.15) is 0 Å². The number of amides is 2. The molecule has 7 nitrogen and oxygen atoms in total. The SMILES string of the molecule is CC(C)(C)Oc1ccc(C(=O)[NH2+]C2(C(=O)[NH2+]CC[NH2+]c3ccc(OC4CCCC4)cc3)CCCCC2)cc1. The second-order valence-electron chi connectivity index (χ2n) is 11.9. The molecule has 0 saturated heterocycles. The summed E-state index contributed by atoms with van der Waals surface area (Å²) in [5.41, 5.74) is 0.751. The first-order chi connectivity index (χ1) is 18.2. The summed E-state index contributed by atoms with van der Waals surface area (Å²) in [6.07, 6.45) is 9.75. The van der Waals surface area contributed by atoms with Gasteiger partial charge >= 0.3 is 11.8 Å². The van der Waals surface area contributed by atoms with Gasteiger partial charge in [0.15, 0.2) is 0 Å². The summed E-state index contributed by atoms with van der Waals surface area (Å²) in [7, 11) is 0. The monoisotopic (exact) mass is 524 g/mol. The van der Waals surface area contributed by atoms with E-state index >= 15 is 0 Å². The largest absolute Gasteiger partial charge is 0.490 e. The third-order valence-corrected chi connectivity index (χ3v) is 7.57. The van der Waals surface area contributed by atoms with Crippen molar-refractivity contribution in [2.75, 3.05) is 13.1 Å². The summed E-state index contributed by atoms with van der Waals surface area (Å²) >= 11 is 0. The van der Waals surface area contributed by atoms with Gasteiger partial charge in [-0.25, -0.2) is 9.59 Å². The fraction of sp³-hybridized carbons (Fsp3) is 0.548. The zero-order valence-electron chi connectivity index (χ0n) is 23.3. The predicted molar refractivity (Wildman–Crippen MR) is 146 cm³/mol. The summed E-state index contributed by atoms with van der Waals surface area (Å²) in [5, 5.41) is 5.67. The Morgan fingerprint density at radius 1 is 0.842 bits per heavy atom. The number of rotatable bonds is 10. The third-order valence-electron chi connectivity index (χ3n) is 7.57. The fourth-order valence-corrected chi connectivity index (χ4v) is 5.57. The van der Waals surface area contributed by atoms with E-state index in [0.29, 0.717) is 18.2 Å². The maximum absolute atomic E-state index is 13.4. The molecule has 0 spiro atoms. The van der Waals surface area contributed by atoms with Crippen molar-refractivity contribution in [2.24, 2.45) is 0 Å². The molecule has 6 N–H and O–H groups in total. The molecule has 0 unspecified atom stereocenters. The van der Waals surface area contributed by atoms with Gasteiger partial charge in [0.05, 0.1) is 11.7 Å². The Kier molecular flexibility index (Phi) is 9.58. The molecule has 2 amide bonds. The molecule has 0 radical (unpaired) electrons.